The summed E-state index contributed by atoms with van der Waals surface area (Å²) in [6, 6.07) is 12.3. The summed E-state index contributed by atoms with van der Waals surface area (Å²) in [6.45, 7) is 1.03. The van der Waals surface area contributed by atoms with E-state index in [0.717, 1.165) is 33.5 Å². The number of phenols is 1. The Labute approximate surface area is 156 Å². The molecule has 0 aromatic heterocycles. The number of likely N-dealkylation sites (N-methyl/N-ethyl adjacent to an activating group) is 1. The number of halogens is 3. The molecule has 2 aromatic carbocycles. The van der Waals surface area contributed by atoms with E-state index < -0.39 is 0 Å². The van der Waals surface area contributed by atoms with Gasteiger partial charge in [-0.3, -0.25) is 4.90 Å². The van der Waals surface area contributed by atoms with Crippen molar-refractivity contribution in [2.45, 2.75) is 18.9 Å². The number of hydrogen-bond acceptors (Lipinski definition) is 2. The molecule has 1 unspecified atom stereocenters. The molecule has 1 aliphatic heterocycles. The lowest BCUT2D eigenvalue weighted by Crippen LogP contribution is -2.33. The number of rotatable bonds is 2. The van der Waals surface area contributed by atoms with Gasteiger partial charge in [0.05, 0.1) is 3.57 Å². The lowest BCUT2D eigenvalue weighted by atomic mass is 9.89. The average molecular weight is 450 g/mol. The summed E-state index contributed by atoms with van der Waals surface area (Å²) in [4.78, 5) is 2.35. The highest BCUT2D eigenvalue weighted by atomic mass is 127. The maximum absolute atomic E-state index is 10.0. The fourth-order valence-corrected chi connectivity index (χ4v) is 3.72. The third-order valence-electron chi connectivity index (χ3n) is 4.20. The molecule has 2 aromatic rings. The molecule has 0 spiro atoms. The van der Waals surface area contributed by atoms with E-state index in [4.69, 9.17) is 11.6 Å². The Balaban J connectivity index is 0.00000176. The van der Waals surface area contributed by atoms with E-state index in [1.807, 2.05) is 24.3 Å². The highest BCUT2D eigenvalue weighted by Crippen LogP contribution is 2.36. The standard InChI is InChI=1S/C17H17ClINO.ClH/c1-20-7-6-11-8-15(19)17(21)10-13(11)16(20)9-12-4-2-3-5-14(12)18;/h2-5,8,10,16,21H,6-7,9H2,1H3;1H. The molecule has 0 aliphatic carbocycles. The smallest absolute Gasteiger partial charge is 0.129 e. The summed E-state index contributed by atoms with van der Waals surface area (Å²) >= 11 is 8.49. The first-order valence-electron chi connectivity index (χ1n) is 7.01. The minimum Gasteiger partial charge on any atom is -0.507 e. The zero-order valence-electron chi connectivity index (χ0n) is 12.2. The molecule has 1 N–H and O–H groups in total. The van der Waals surface area contributed by atoms with Gasteiger partial charge in [0.15, 0.2) is 0 Å². The Morgan fingerprint density at radius 3 is 2.77 bits per heavy atom. The second-order valence-corrected chi connectivity index (χ2v) is 7.11. The molecule has 22 heavy (non-hydrogen) atoms. The van der Waals surface area contributed by atoms with Crippen LogP contribution >= 0.6 is 46.6 Å². The van der Waals surface area contributed by atoms with E-state index in [1.165, 1.54) is 11.1 Å². The Kier molecular flexibility index (Phi) is 6.00. The third kappa shape index (κ3) is 3.53. The maximum atomic E-state index is 10.0. The van der Waals surface area contributed by atoms with Crippen LogP contribution in [0.3, 0.4) is 0 Å². The molecule has 1 heterocycles. The molecule has 0 bridgehead atoms. The summed E-state index contributed by atoms with van der Waals surface area (Å²) in [5, 5.41) is 10.9. The molecular formula is C17H18Cl2INO. The van der Waals surface area contributed by atoms with Crippen LogP contribution < -0.4 is 0 Å². The molecular weight excluding hydrogens is 432 g/mol. The van der Waals surface area contributed by atoms with Gasteiger partial charge in [0.2, 0.25) is 0 Å². The quantitative estimate of drug-likeness (QED) is 0.663. The summed E-state index contributed by atoms with van der Waals surface area (Å²) < 4.78 is 0.924. The van der Waals surface area contributed by atoms with Gasteiger partial charge >= 0.3 is 0 Å². The van der Waals surface area contributed by atoms with Crippen molar-refractivity contribution in [2.75, 3.05) is 13.6 Å². The fourth-order valence-electron chi connectivity index (χ4n) is 2.97. The Morgan fingerprint density at radius 2 is 2.05 bits per heavy atom. The molecule has 5 heteroatoms. The second-order valence-electron chi connectivity index (χ2n) is 5.54. The number of phenolic OH excluding ortho intramolecular Hbond substituents is 1. The Hall–Kier alpha value is -0.490. The fraction of sp³-hybridized carbons (Fsp3) is 0.294. The van der Waals surface area contributed by atoms with E-state index >= 15 is 0 Å². The van der Waals surface area contributed by atoms with Crippen LogP contribution in [0.2, 0.25) is 5.02 Å². The van der Waals surface area contributed by atoms with Crippen molar-refractivity contribution in [3.8, 4) is 5.75 Å². The van der Waals surface area contributed by atoms with Crippen LogP contribution in [-0.2, 0) is 12.8 Å². The number of benzene rings is 2. The predicted molar refractivity (Wildman–Crippen MR) is 102 cm³/mol. The van der Waals surface area contributed by atoms with Crippen molar-refractivity contribution in [3.63, 3.8) is 0 Å². The van der Waals surface area contributed by atoms with Crippen molar-refractivity contribution >= 4 is 46.6 Å². The van der Waals surface area contributed by atoms with Crippen molar-refractivity contribution in [1.82, 2.24) is 4.90 Å². The molecule has 1 atom stereocenters. The van der Waals surface area contributed by atoms with Gasteiger partial charge in [0.25, 0.3) is 0 Å². The van der Waals surface area contributed by atoms with Gasteiger partial charge in [0, 0.05) is 17.6 Å². The lowest BCUT2D eigenvalue weighted by molar-refractivity contribution is 0.229. The molecule has 0 amide bonds. The largest absolute Gasteiger partial charge is 0.507 e. The van der Waals surface area contributed by atoms with Gasteiger partial charge in [-0.05, 0) is 77.4 Å². The van der Waals surface area contributed by atoms with Crippen LogP contribution in [0.5, 0.6) is 5.75 Å². The van der Waals surface area contributed by atoms with E-state index in [1.54, 1.807) is 0 Å². The van der Waals surface area contributed by atoms with Crippen molar-refractivity contribution in [2.24, 2.45) is 0 Å². The summed E-state index contributed by atoms with van der Waals surface area (Å²) in [5.74, 6) is 0.369. The number of aromatic hydroxyl groups is 1. The normalized spacial score (nSPS) is 17.7. The maximum Gasteiger partial charge on any atom is 0.129 e. The van der Waals surface area contributed by atoms with E-state index in [2.05, 4.69) is 46.7 Å². The number of fused-ring (bicyclic) bond motifs is 1. The minimum atomic E-state index is 0. The highest BCUT2D eigenvalue weighted by molar-refractivity contribution is 14.1. The zero-order chi connectivity index (χ0) is 15.0. The molecule has 2 nitrogen and oxygen atoms in total. The Bertz CT molecular complexity index is 678. The first kappa shape index (κ1) is 17.9. The predicted octanol–water partition coefficient (Wildman–Crippen LogP) is 4.84. The third-order valence-corrected chi connectivity index (χ3v) is 5.44. The molecule has 0 fully saturated rings. The minimum absolute atomic E-state index is 0. The van der Waals surface area contributed by atoms with E-state index in [0.29, 0.717) is 5.75 Å². The van der Waals surface area contributed by atoms with Gasteiger partial charge in [-0.2, -0.15) is 0 Å². The van der Waals surface area contributed by atoms with Gasteiger partial charge in [-0.25, -0.2) is 0 Å². The zero-order valence-corrected chi connectivity index (χ0v) is 16.0. The van der Waals surface area contributed by atoms with Crippen LogP contribution in [0, 0.1) is 3.57 Å². The first-order chi connectivity index (χ1) is 10.1. The van der Waals surface area contributed by atoms with Gasteiger partial charge in [0.1, 0.15) is 5.75 Å². The highest BCUT2D eigenvalue weighted by Gasteiger charge is 2.26. The molecule has 0 saturated heterocycles. The SMILES string of the molecule is CN1CCc2cc(I)c(O)cc2C1Cc1ccccc1Cl.Cl. The summed E-state index contributed by atoms with van der Waals surface area (Å²) in [7, 11) is 2.14. The average Bonchev–Trinajstić information content (AvgIpc) is 2.46. The van der Waals surface area contributed by atoms with Gasteiger partial charge in [-0.15, -0.1) is 12.4 Å². The number of hydrogen-bond donors (Lipinski definition) is 1. The second kappa shape index (κ2) is 7.39. The topological polar surface area (TPSA) is 23.5 Å². The van der Waals surface area contributed by atoms with E-state index in [9.17, 15) is 5.11 Å². The van der Waals surface area contributed by atoms with Crippen LogP contribution in [0.4, 0.5) is 0 Å². The monoisotopic (exact) mass is 449 g/mol. The number of nitrogens with zero attached hydrogens (tertiary/aromatic N) is 1. The van der Waals surface area contributed by atoms with E-state index in [-0.39, 0.29) is 18.4 Å². The Morgan fingerprint density at radius 1 is 1.32 bits per heavy atom. The molecule has 0 radical (unpaired) electrons. The van der Waals surface area contributed by atoms with Crippen LogP contribution in [0.25, 0.3) is 0 Å². The molecule has 3 rings (SSSR count). The molecule has 1 aliphatic rings. The van der Waals surface area contributed by atoms with Crippen molar-refractivity contribution < 1.29 is 5.11 Å². The molecule has 0 saturated carbocycles. The van der Waals surface area contributed by atoms with Crippen LogP contribution in [-0.4, -0.2) is 23.6 Å². The molecule has 118 valence electrons. The van der Waals surface area contributed by atoms with Crippen molar-refractivity contribution in [1.29, 1.82) is 0 Å². The van der Waals surface area contributed by atoms with Gasteiger partial charge < -0.3 is 5.11 Å². The van der Waals surface area contributed by atoms with Crippen LogP contribution in [0.15, 0.2) is 36.4 Å². The summed E-state index contributed by atoms with van der Waals surface area (Å²) in [5.41, 5.74) is 3.72. The lowest BCUT2D eigenvalue weighted by Gasteiger charge is -2.35. The van der Waals surface area contributed by atoms with Crippen LogP contribution in [0.1, 0.15) is 22.7 Å². The van der Waals surface area contributed by atoms with Crippen molar-refractivity contribution in [3.05, 3.63) is 61.7 Å². The van der Waals surface area contributed by atoms with Gasteiger partial charge in [-0.1, -0.05) is 29.8 Å². The summed E-state index contributed by atoms with van der Waals surface area (Å²) in [6.07, 6.45) is 1.89. The first-order valence-corrected chi connectivity index (χ1v) is 8.47.